The van der Waals surface area contributed by atoms with Crippen LogP contribution in [0.2, 0.25) is 0 Å². The number of likely N-dealkylation sites (tertiary alicyclic amines) is 1. The van der Waals surface area contributed by atoms with E-state index in [1.807, 2.05) is 6.21 Å². The number of aliphatic imine (C=N–C) groups is 2. The first-order chi connectivity index (χ1) is 8.21. The fourth-order valence-corrected chi connectivity index (χ4v) is 2.67. The number of hydrogen-bond acceptors (Lipinski definition) is 4. The van der Waals surface area contributed by atoms with Crippen molar-refractivity contribution in [1.82, 2.24) is 10.2 Å². The van der Waals surface area contributed by atoms with Gasteiger partial charge >= 0.3 is 6.09 Å². The molecule has 0 radical (unpaired) electrons. The maximum Gasteiger partial charge on any atom is 0.407 e. The fraction of sp³-hybridized carbons (Fsp3) is 0.545. The minimum Gasteiger partial charge on any atom is -0.465 e. The second-order valence-corrected chi connectivity index (χ2v) is 4.59. The summed E-state index contributed by atoms with van der Waals surface area (Å²) in [5, 5.41) is 12.2. The van der Waals surface area contributed by atoms with Crippen LogP contribution in [0.25, 0.3) is 0 Å². The Morgan fingerprint density at radius 3 is 2.94 bits per heavy atom. The number of fused-ring (bicyclic) bond motifs is 1. The highest BCUT2D eigenvalue weighted by atomic mass is 16.4. The quantitative estimate of drug-likeness (QED) is 0.646. The Labute approximate surface area is 98.7 Å². The van der Waals surface area contributed by atoms with Gasteiger partial charge in [-0.05, 0) is 12.8 Å². The van der Waals surface area contributed by atoms with Crippen molar-refractivity contribution in [2.75, 3.05) is 19.8 Å². The van der Waals surface area contributed by atoms with Crippen LogP contribution >= 0.6 is 0 Å². The summed E-state index contributed by atoms with van der Waals surface area (Å²) in [7, 11) is 0. The molecule has 0 unspecified atom stereocenters. The summed E-state index contributed by atoms with van der Waals surface area (Å²) >= 11 is 0. The van der Waals surface area contributed by atoms with Crippen LogP contribution in [0.5, 0.6) is 0 Å². The number of nitrogens with zero attached hydrogens (tertiary/aromatic N) is 3. The van der Waals surface area contributed by atoms with Crippen LogP contribution in [0.3, 0.4) is 0 Å². The number of carbonyl (C=O) groups is 1. The summed E-state index contributed by atoms with van der Waals surface area (Å²) in [6.45, 7) is 1.72. The molecular weight excluding hydrogens is 220 g/mol. The van der Waals surface area contributed by atoms with E-state index < -0.39 is 6.09 Å². The number of hydrogen-bond donors (Lipinski definition) is 2. The lowest BCUT2D eigenvalue weighted by molar-refractivity contribution is 0.120. The monoisotopic (exact) mass is 234 g/mol. The lowest BCUT2D eigenvalue weighted by atomic mass is 9.77. The minimum absolute atomic E-state index is 0.0896. The van der Waals surface area contributed by atoms with Gasteiger partial charge in [-0.3, -0.25) is 9.98 Å². The topological polar surface area (TPSA) is 77.3 Å². The molecule has 0 bridgehead atoms. The zero-order valence-electron chi connectivity index (χ0n) is 9.39. The Morgan fingerprint density at radius 1 is 1.47 bits per heavy atom. The third-order valence-corrected chi connectivity index (χ3v) is 3.69. The number of allylic oxidation sites excluding steroid dienone is 2. The molecule has 3 heterocycles. The highest BCUT2D eigenvalue weighted by Crippen LogP contribution is 2.41. The van der Waals surface area contributed by atoms with E-state index in [0.29, 0.717) is 19.8 Å². The molecule has 0 aliphatic carbocycles. The van der Waals surface area contributed by atoms with Crippen molar-refractivity contribution in [2.24, 2.45) is 15.4 Å². The SMILES string of the molecule is O=C(O)N1CCC2(C=NC3=C2NCN=C3)CC1. The van der Waals surface area contributed by atoms with Crippen LogP contribution in [0.4, 0.5) is 4.79 Å². The molecule has 1 saturated heterocycles. The highest BCUT2D eigenvalue weighted by Gasteiger charge is 2.42. The Bertz CT molecular complexity index is 444. The lowest BCUT2D eigenvalue weighted by Gasteiger charge is -2.38. The van der Waals surface area contributed by atoms with Gasteiger partial charge in [0, 0.05) is 19.3 Å². The molecule has 0 aromatic carbocycles. The molecule has 90 valence electrons. The predicted molar refractivity (Wildman–Crippen MR) is 63.3 cm³/mol. The minimum atomic E-state index is -0.831. The number of rotatable bonds is 0. The average Bonchev–Trinajstić information content (AvgIpc) is 2.70. The zero-order chi connectivity index (χ0) is 11.9. The first-order valence-corrected chi connectivity index (χ1v) is 5.73. The van der Waals surface area contributed by atoms with Crippen molar-refractivity contribution in [1.29, 1.82) is 0 Å². The number of amides is 1. The number of piperidine rings is 1. The molecule has 17 heavy (non-hydrogen) atoms. The molecule has 0 atom stereocenters. The van der Waals surface area contributed by atoms with Gasteiger partial charge in [-0.1, -0.05) is 0 Å². The van der Waals surface area contributed by atoms with E-state index in [1.165, 1.54) is 4.90 Å². The van der Waals surface area contributed by atoms with E-state index in [2.05, 4.69) is 15.3 Å². The van der Waals surface area contributed by atoms with E-state index in [0.717, 1.165) is 24.2 Å². The van der Waals surface area contributed by atoms with Crippen molar-refractivity contribution in [3.8, 4) is 0 Å². The number of carboxylic acid groups (broad SMARTS) is 1. The van der Waals surface area contributed by atoms with Crippen molar-refractivity contribution in [3.05, 3.63) is 11.4 Å². The summed E-state index contributed by atoms with van der Waals surface area (Å²) in [6.07, 6.45) is 4.51. The Balaban J connectivity index is 1.82. The average molecular weight is 234 g/mol. The van der Waals surface area contributed by atoms with Gasteiger partial charge in [0.1, 0.15) is 12.4 Å². The van der Waals surface area contributed by atoms with E-state index in [9.17, 15) is 4.79 Å². The smallest absolute Gasteiger partial charge is 0.407 e. The van der Waals surface area contributed by atoms with Gasteiger partial charge in [0.05, 0.1) is 17.3 Å². The van der Waals surface area contributed by atoms with Gasteiger partial charge in [0.2, 0.25) is 0 Å². The Morgan fingerprint density at radius 2 is 2.24 bits per heavy atom. The lowest BCUT2D eigenvalue weighted by Crippen LogP contribution is -2.46. The molecule has 3 aliphatic rings. The molecule has 1 amide bonds. The van der Waals surface area contributed by atoms with Crippen LogP contribution in [0, 0.1) is 5.41 Å². The third-order valence-electron chi connectivity index (χ3n) is 3.69. The summed E-state index contributed by atoms with van der Waals surface area (Å²) in [6, 6.07) is 0. The van der Waals surface area contributed by atoms with Gasteiger partial charge in [0.15, 0.2) is 0 Å². The second kappa shape index (κ2) is 3.58. The molecule has 6 heteroatoms. The van der Waals surface area contributed by atoms with Crippen LogP contribution in [-0.2, 0) is 0 Å². The van der Waals surface area contributed by atoms with E-state index in [-0.39, 0.29) is 5.41 Å². The van der Waals surface area contributed by atoms with Gasteiger partial charge < -0.3 is 15.3 Å². The van der Waals surface area contributed by atoms with Gasteiger partial charge in [0.25, 0.3) is 0 Å². The summed E-state index contributed by atoms with van der Waals surface area (Å²) in [5.74, 6) is 0. The molecule has 3 rings (SSSR count). The summed E-state index contributed by atoms with van der Waals surface area (Å²) in [5.41, 5.74) is 1.94. The van der Waals surface area contributed by atoms with Crippen molar-refractivity contribution in [2.45, 2.75) is 12.8 Å². The molecule has 0 aromatic rings. The number of nitrogens with one attached hydrogen (secondary N) is 1. The first-order valence-electron chi connectivity index (χ1n) is 5.73. The van der Waals surface area contributed by atoms with Crippen LogP contribution in [-0.4, -0.2) is 48.3 Å². The van der Waals surface area contributed by atoms with Gasteiger partial charge in [-0.2, -0.15) is 0 Å². The Kier molecular flexibility index (Phi) is 2.17. The van der Waals surface area contributed by atoms with Gasteiger partial charge in [-0.25, -0.2) is 4.79 Å². The maximum absolute atomic E-state index is 10.9. The molecule has 3 aliphatic heterocycles. The molecule has 2 N–H and O–H groups in total. The van der Waals surface area contributed by atoms with Crippen molar-refractivity contribution < 1.29 is 9.90 Å². The standard InChI is InChI=1S/C11H14N4O2/c16-10(17)15-3-1-11(2-4-15)6-13-8-5-12-7-14-9(8)11/h5-6,14H,1-4,7H2,(H,16,17). The second-order valence-electron chi connectivity index (χ2n) is 4.59. The van der Waals surface area contributed by atoms with E-state index in [1.54, 1.807) is 6.21 Å². The van der Waals surface area contributed by atoms with Gasteiger partial charge in [-0.15, -0.1) is 0 Å². The fourth-order valence-electron chi connectivity index (χ4n) is 2.67. The van der Waals surface area contributed by atoms with Crippen LogP contribution in [0.1, 0.15) is 12.8 Å². The first kappa shape index (κ1) is 10.3. The van der Waals surface area contributed by atoms with Crippen molar-refractivity contribution >= 4 is 18.5 Å². The summed E-state index contributed by atoms with van der Waals surface area (Å²) < 4.78 is 0. The predicted octanol–water partition coefficient (Wildman–Crippen LogP) is 0.674. The third kappa shape index (κ3) is 1.51. The molecule has 6 nitrogen and oxygen atoms in total. The molecule has 0 saturated carbocycles. The summed E-state index contributed by atoms with van der Waals surface area (Å²) in [4.78, 5) is 20.9. The molecular formula is C11H14N4O2. The van der Waals surface area contributed by atoms with E-state index >= 15 is 0 Å². The largest absolute Gasteiger partial charge is 0.465 e. The van der Waals surface area contributed by atoms with Crippen LogP contribution in [0.15, 0.2) is 21.4 Å². The molecule has 1 fully saturated rings. The maximum atomic E-state index is 10.9. The van der Waals surface area contributed by atoms with Crippen LogP contribution < -0.4 is 5.32 Å². The Hall–Kier alpha value is -1.85. The zero-order valence-corrected chi connectivity index (χ0v) is 9.39. The molecule has 1 spiro atoms. The van der Waals surface area contributed by atoms with E-state index in [4.69, 9.17) is 5.11 Å². The molecule has 0 aromatic heterocycles. The normalized spacial score (nSPS) is 25.1. The highest BCUT2D eigenvalue weighted by molar-refractivity contribution is 5.90. The van der Waals surface area contributed by atoms with Crippen molar-refractivity contribution in [3.63, 3.8) is 0 Å².